The van der Waals surface area contributed by atoms with E-state index in [0.717, 1.165) is 11.3 Å². The Bertz CT molecular complexity index is 527. The second-order valence-electron chi connectivity index (χ2n) is 4.04. The first-order valence-corrected chi connectivity index (χ1v) is 6.76. The topological polar surface area (TPSA) is 98.2 Å². The number of nitrogens with zero attached hydrogens (tertiary/aromatic N) is 3. The van der Waals surface area contributed by atoms with Crippen LogP contribution in [0.3, 0.4) is 0 Å². The summed E-state index contributed by atoms with van der Waals surface area (Å²) < 4.78 is 0. The van der Waals surface area contributed by atoms with Gasteiger partial charge in [-0.3, -0.25) is 15.6 Å². The van der Waals surface area contributed by atoms with Gasteiger partial charge < -0.3 is 0 Å². The molecule has 0 saturated heterocycles. The lowest BCUT2D eigenvalue weighted by molar-refractivity contribution is -0.115. The van der Waals surface area contributed by atoms with E-state index >= 15 is 0 Å². The van der Waals surface area contributed by atoms with Crippen molar-refractivity contribution in [3.8, 4) is 0 Å². The summed E-state index contributed by atoms with van der Waals surface area (Å²) in [5.41, 5.74) is 9.30. The summed E-state index contributed by atoms with van der Waals surface area (Å²) in [6.45, 7) is 2.21. The molecule has 8 nitrogen and oxygen atoms in total. The molecule has 20 heavy (non-hydrogen) atoms. The van der Waals surface area contributed by atoms with Gasteiger partial charge in [-0.25, -0.2) is 9.79 Å². The Morgan fingerprint density at radius 1 is 1.70 bits per heavy atom. The zero-order chi connectivity index (χ0) is 14.4. The van der Waals surface area contributed by atoms with Crippen molar-refractivity contribution < 1.29 is 9.59 Å². The molecule has 0 saturated carbocycles. The fourth-order valence-corrected chi connectivity index (χ4v) is 2.08. The average molecular weight is 294 g/mol. The second kappa shape index (κ2) is 6.89. The van der Waals surface area contributed by atoms with Crippen molar-refractivity contribution in [3.05, 3.63) is 22.4 Å². The number of amides is 2. The predicted molar refractivity (Wildman–Crippen MR) is 76.4 cm³/mol. The van der Waals surface area contributed by atoms with Gasteiger partial charge in [-0.2, -0.15) is 27.0 Å². The molecule has 0 bridgehead atoms. The van der Waals surface area contributed by atoms with Crippen LogP contribution >= 0.6 is 11.3 Å². The SMILES string of the molecule is CC1=NNC(C=O)N(NNC(=O)/N=C/c2ccsc2)C1. The first kappa shape index (κ1) is 14.3. The van der Waals surface area contributed by atoms with E-state index in [4.69, 9.17) is 0 Å². The van der Waals surface area contributed by atoms with E-state index in [-0.39, 0.29) is 0 Å². The molecule has 2 heterocycles. The van der Waals surface area contributed by atoms with Crippen LogP contribution in [0.4, 0.5) is 4.79 Å². The maximum absolute atomic E-state index is 11.5. The molecule has 2 amide bonds. The van der Waals surface area contributed by atoms with E-state index in [1.54, 1.807) is 6.92 Å². The zero-order valence-electron chi connectivity index (χ0n) is 10.7. The summed E-state index contributed by atoms with van der Waals surface area (Å²) in [7, 11) is 0. The molecule has 9 heteroatoms. The Hall–Kier alpha value is -2.10. The highest BCUT2D eigenvalue weighted by atomic mass is 32.1. The Kier molecular flexibility index (Phi) is 4.93. The molecule has 1 aliphatic heterocycles. The van der Waals surface area contributed by atoms with Crippen molar-refractivity contribution in [2.45, 2.75) is 13.1 Å². The number of rotatable bonds is 4. The van der Waals surface area contributed by atoms with E-state index in [2.05, 4.69) is 26.5 Å². The molecule has 1 aromatic rings. The molecular weight excluding hydrogens is 280 g/mol. The third-order valence-electron chi connectivity index (χ3n) is 2.43. The first-order chi connectivity index (χ1) is 9.69. The van der Waals surface area contributed by atoms with Crippen molar-refractivity contribution in [1.82, 2.24) is 21.4 Å². The number of hydrazine groups is 2. The minimum Gasteiger partial charge on any atom is -0.299 e. The first-order valence-electron chi connectivity index (χ1n) is 5.81. The van der Waals surface area contributed by atoms with Crippen LogP contribution in [-0.4, -0.2) is 42.0 Å². The smallest absolute Gasteiger partial charge is 0.299 e. The second-order valence-corrected chi connectivity index (χ2v) is 4.82. The van der Waals surface area contributed by atoms with Crippen LogP contribution in [0.2, 0.25) is 0 Å². The molecule has 0 radical (unpaired) electrons. The molecule has 1 aromatic heterocycles. The van der Waals surface area contributed by atoms with E-state index in [9.17, 15) is 9.59 Å². The maximum Gasteiger partial charge on any atom is 0.356 e. The van der Waals surface area contributed by atoms with Crippen LogP contribution in [0.1, 0.15) is 12.5 Å². The number of thiophene rings is 1. The van der Waals surface area contributed by atoms with E-state index < -0.39 is 12.2 Å². The molecule has 3 N–H and O–H groups in total. The quantitative estimate of drug-likeness (QED) is 0.416. The van der Waals surface area contributed by atoms with Crippen molar-refractivity contribution in [2.24, 2.45) is 10.1 Å². The van der Waals surface area contributed by atoms with Crippen LogP contribution in [0, 0.1) is 0 Å². The summed E-state index contributed by atoms with van der Waals surface area (Å²) in [5.74, 6) is 0. The predicted octanol–water partition coefficient (Wildman–Crippen LogP) is 0.102. The number of hydrazone groups is 1. The van der Waals surface area contributed by atoms with Gasteiger partial charge in [0, 0.05) is 11.8 Å². The number of hydrogen-bond acceptors (Lipinski definition) is 7. The third-order valence-corrected chi connectivity index (χ3v) is 3.13. The monoisotopic (exact) mass is 294 g/mol. The zero-order valence-corrected chi connectivity index (χ0v) is 11.6. The van der Waals surface area contributed by atoms with Crippen molar-refractivity contribution in [2.75, 3.05) is 6.54 Å². The number of hydrogen-bond donors (Lipinski definition) is 3. The maximum atomic E-state index is 11.5. The molecule has 0 spiro atoms. The van der Waals surface area contributed by atoms with Gasteiger partial charge in [0.25, 0.3) is 0 Å². The van der Waals surface area contributed by atoms with Crippen LogP contribution in [0.25, 0.3) is 0 Å². The largest absolute Gasteiger partial charge is 0.356 e. The van der Waals surface area contributed by atoms with Crippen molar-refractivity contribution in [1.29, 1.82) is 0 Å². The summed E-state index contributed by atoms with van der Waals surface area (Å²) >= 11 is 1.52. The lowest BCUT2D eigenvalue weighted by Crippen LogP contribution is -2.61. The summed E-state index contributed by atoms with van der Waals surface area (Å²) in [5, 5.41) is 9.22. The normalized spacial score (nSPS) is 19.4. The Morgan fingerprint density at radius 2 is 2.55 bits per heavy atom. The number of nitrogens with one attached hydrogen (secondary N) is 3. The number of carbonyl (C=O) groups is 2. The highest BCUT2D eigenvalue weighted by Gasteiger charge is 2.21. The van der Waals surface area contributed by atoms with E-state index in [1.165, 1.54) is 22.6 Å². The van der Waals surface area contributed by atoms with E-state index in [0.29, 0.717) is 12.8 Å². The third kappa shape index (κ3) is 3.95. The summed E-state index contributed by atoms with van der Waals surface area (Å²) in [4.78, 5) is 26.1. The molecule has 0 aliphatic carbocycles. The van der Waals surface area contributed by atoms with Gasteiger partial charge in [0.1, 0.15) is 0 Å². The number of aliphatic imine (C=N–C) groups is 1. The minimum absolute atomic E-state index is 0.408. The minimum atomic E-state index is -0.639. The number of aldehydes is 1. The average Bonchev–Trinajstić information content (AvgIpc) is 2.96. The summed E-state index contributed by atoms with van der Waals surface area (Å²) in [6.07, 6.45) is 1.51. The molecule has 2 rings (SSSR count). The van der Waals surface area contributed by atoms with Gasteiger partial charge in [-0.15, -0.1) is 0 Å². The number of carbonyl (C=O) groups excluding carboxylic acids is 2. The fraction of sp³-hybridized carbons (Fsp3) is 0.273. The van der Waals surface area contributed by atoms with Gasteiger partial charge >= 0.3 is 6.03 Å². The molecule has 0 aromatic carbocycles. The molecule has 106 valence electrons. The van der Waals surface area contributed by atoms with Gasteiger partial charge in [0.2, 0.25) is 0 Å². The van der Waals surface area contributed by atoms with Crippen LogP contribution < -0.4 is 16.4 Å². The van der Waals surface area contributed by atoms with Crippen LogP contribution in [0.15, 0.2) is 26.9 Å². The highest BCUT2D eigenvalue weighted by molar-refractivity contribution is 7.08. The van der Waals surface area contributed by atoms with Gasteiger partial charge in [-0.1, -0.05) is 0 Å². The Morgan fingerprint density at radius 3 is 3.25 bits per heavy atom. The molecule has 1 atom stereocenters. The number of urea groups is 1. The van der Waals surface area contributed by atoms with Crippen molar-refractivity contribution >= 4 is 35.6 Å². The van der Waals surface area contributed by atoms with Gasteiger partial charge in [0.15, 0.2) is 12.5 Å². The van der Waals surface area contributed by atoms with Crippen LogP contribution in [0.5, 0.6) is 0 Å². The Labute approximate surface area is 119 Å². The molecule has 1 unspecified atom stereocenters. The highest BCUT2D eigenvalue weighted by Crippen LogP contribution is 2.02. The Balaban J connectivity index is 1.83. The van der Waals surface area contributed by atoms with Gasteiger partial charge in [-0.05, 0) is 23.8 Å². The fourth-order valence-electron chi connectivity index (χ4n) is 1.47. The molecule has 1 aliphatic rings. The molecular formula is C11H14N6O2S. The van der Waals surface area contributed by atoms with E-state index in [1.807, 2.05) is 16.8 Å². The lowest BCUT2D eigenvalue weighted by atomic mass is 10.3. The lowest BCUT2D eigenvalue weighted by Gasteiger charge is -2.30. The van der Waals surface area contributed by atoms with Crippen molar-refractivity contribution in [3.63, 3.8) is 0 Å². The van der Waals surface area contributed by atoms with Gasteiger partial charge in [0.05, 0.1) is 12.3 Å². The summed E-state index contributed by atoms with van der Waals surface area (Å²) in [6, 6.07) is 1.30. The van der Waals surface area contributed by atoms with Crippen LogP contribution in [-0.2, 0) is 4.79 Å². The molecule has 0 fully saturated rings. The standard InChI is InChI=1S/C11H14N6O2S/c1-8-5-17(10(6-18)14-13-8)16-15-11(19)12-4-9-2-3-20-7-9/h2-4,6-7,10,14,16H,5H2,1H3,(H,15,19)/b12-4+.